The van der Waals surface area contributed by atoms with Gasteiger partial charge in [-0.3, -0.25) is 14.4 Å². The largest absolute Gasteiger partial charge is 0.462 e. The monoisotopic (exact) mass is 721 g/mol. The Morgan fingerprint density at radius 1 is 0.373 bits per heavy atom. The van der Waals surface area contributed by atoms with Crippen LogP contribution in [0, 0.1) is 0 Å². The molecule has 0 aromatic rings. The molecule has 1 unspecified atom stereocenters. The van der Waals surface area contributed by atoms with Crippen molar-refractivity contribution in [2.75, 3.05) is 13.2 Å². The van der Waals surface area contributed by atoms with E-state index in [2.05, 4.69) is 32.9 Å². The topological polar surface area (TPSA) is 78.9 Å². The van der Waals surface area contributed by atoms with Crippen LogP contribution in [0.25, 0.3) is 0 Å². The lowest BCUT2D eigenvalue weighted by Crippen LogP contribution is -2.30. The first-order valence-corrected chi connectivity index (χ1v) is 22.2. The van der Waals surface area contributed by atoms with Crippen molar-refractivity contribution in [1.29, 1.82) is 0 Å². The maximum absolute atomic E-state index is 12.6. The Balaban J connectivity index is 4.21. The molecule has 0 heterocycles. The van der Waals surface area contributed by atoms with Gasteiger partial charge in [0, 0.05) is 19.3 Å². The van der Waals surface area contributed by atoms with Gasteiger partial charge < -0.3 is 14.2 Å². The van der Waals surface area contributed by atoms with Crippen molar-refractivity contribution in [2.45, 2.75) is 245 Å². The smallest absolute Gasteiger partial charge is 0.306 e. The van der Waals surface area contributed by atoms with Gasteiger partial charge in [0.05, 0.1) is 0 Å². The van der Waals surface area contributed by atoms with Gasteiger partial charge >= 0.3 is 17.9 Å². The number of hydrogen-bond donors (Lipinski definition) is 0. The van der Waals surface area contributed by atoms with Crippen LogP contribution in [-0.4, -0.2) is 37.2 Å². The molecule has 0 radical (unpaired) electrons. The lowest BCUT2D eigenvalue weighted by atomic mass is 10.0. The Morgan fingerprint density at radius 2 is 0.647 bits per heavy atom. The van der Waals surface area contributed by atoms with E-state index in [1.807, 2.05) is 0 Å². The molecule has 6 heteroatoms. The van der Waals surface area contributed by atoms with E-state index in [0.29, 0.717) is 19.3 Å². The molecule has 0 aliphatic carbocycles. The fraction of sp³-hybridized carbons (Fsp3) is 0.889. The summed E-state index contributed by atoms with van der Waals surface area (Å²) in [6, 6.07) is 0. The van der Waals surface area contributed by atoms with E-state index in [1.165, 1.54) is 128 Å². The quantitative estimate of drug-likeness (QED) is 0.0271. The van der Waals surface area contributed by atoms with Crippen LogP contribution < -0.4 is 0 Å². The molecule has 0 fully saturated rings. The van der Waals surface area contributed by atoms with Gasteiger partial charge in [-0.2, -0.15) is 0 Å². The summed E-state index contributed by atoms with van der Waals surface area (Å²) in [6.45, 7) is 6.55. The molecule has 0 saturated carbocycles. The Kier molecular flexibility index (Phi) is 39.4. The highest BCUT2D eigenvalue weighted by molar-refractivity contribution is 5.71. The van der Waals surface area contributed by atoms with Gasteiger partial charge in [0.25, 0.3) is 0 Å². The van der Waals surface area contributed by atoms with Gasteiger partial charge in [0.15, 0.2) is 6.10 Å². The van der Waals surface area contributed by atoms with Crippen LogP contribution in [0.2, 0.25) is 0 Å². The van der Waals surface area contributed by atoms with E-state index in [0.717, 1.165) is 70.6 Å². The molecule has 6 nitrogen and oxygen atoms in total. The average molecular weight is 721 g/mol. The van der Waals surface area contributed by atoms with Crippen molar-refractivity contribution >= 4 is 17.9 Å². The molecule has 0 aliphatic rings. The zero-order valence-corrected chi connectivity index (χ0v) is 34.1. The molecule has 1 atom stereocenters. The van der Waals surface area contributed by atoms with Gasteiger partial charge in [0.1, 0.15) is 13.2 Å². The molecule has 0 rings (SSSR count). The van der Waals surface area contributed by atoms with Crippen molar-refractivity contribution < 1.29 is 28.6 Å². The first kappa shape index (κ1) is 49.1. The molecule has 0 aromatic carbocycles. The molecule has 0 aromatic heterocycles. The number of esters is 3. The van der Waals surface area contributed by atoms with Crippen LogP contribution in [0.1, 0.15) is 239 Å². The summed E-state index contributed by atoms with van der Waals surface area (Å²) in [7, 11) is 0. The fourth-order valence-corrected chi connectivity index (χ4v) is 6.38. The Labute approximate surface area is 316 Å². The number of ether oxygens (including phenoxy) is 3. The van der Waals surface area contributed by atoms with Crippen LogP contribution in [0.4, 0.5) is 0 Å². The molecule has 300 valence electrons. The van der Waals surface area contributed by atoms with E-state index in [-0.39, 0.29) is 31.1 Å². The summed E-state index contributed by atoms with van der Waals surface area (Å²) in [4.78, 5) is 37.4. The highest BCUT2D eigenvalue weighted by Crippen LogP contribution is 2.14. The lowest BCUT2D eigenvalue weighted by Gasteiger charge is -2.18. The van der Waals surface area contributed by atoms with E-state index < -0.39 is 6.10 Å². The van der Waals surface area contributed by atoms with Gasteiger partial charge in [-0.15, -0.1) is 0 Å². The molecule has 0 spiro atoms. The van der Waals surface area contributed by atoms with Crippen molar-refractivity contribution in [2.24, 2.45) is 0 Å². The minimum atomic E-state index is -0.762. The SMILES string of the molecule is CCCCCCCCC/C=C\CCCCCCCC(=O)OCC(COC(=O)CCCCCCC)OC(=O)CCCCCCCCCCCCCC. The normalized spacial score (nSPS) is 12.0. The summed E-state index contributed by atoms with van der Waals surface area (Å²) < 4.78 is 16.6. The molecule has 51 heavy (non-hydrogen) atoms. The summed E-state index contributed by atoms with van der Waals surface area (Å²) in [6.07, 6.45) is 42.2. The van der Waals surface area contributed by atoms with Crippen molar-refractivity contribution in [1.82, 2.24) is 0 Å². The molecule has 0 aliphatic heterocycles. The van der Waals surface area contributed by atoms with Crippen molar-refractivity contribution in [3.05, 3.63) is 12.2 Å². The predicted molar refractivity (Wildman–Crippen MR) is 215 cm³/mol. The number of unbranched alkanes of at least 4 members (excludes halogenated alkanes) is 27. The first-order valence-electron chi connectivity index (χ1n) is 22.2. The zero-order valence-electron chi connectivity index (χ0n) is 34.1. The number of carbonyl (C=O) groups is 3. The molecule has 0 N–H and O–H groups in total. The highest BCUT2D eigenvalue weighted by Gasteiger charge is 2.19. The molecular formula is C45H84O6. The van der Waals surface area contributed by atoms with Gasteiger partial charge in [-0.25, -0.2) is 0 Å². The maximum atomic E-state index is 12.6. The number of carbonyl (C=O) groups excluding carboxylic acids is 3. The first-order chi connectivity index (χ1) is 25.0. The summed E-state index contributed by atoms with van der Waals surface area (Å²) >= 11 is 0. The predicted octanol–water partition coefficient (Wildman–Crippen LogP) is 13.9. The number of hydrogen-bond acceptors (Lipinski definition) is 6. The lowest BCUT2D eigenvalue weighted by molar-refractivity contribution is -0.167. The maximum Gasteiger partial charge on any atom is 0.306 e. The Hall–Kier alpha value is -1.85. The molecule has 0 amide bonds. The highest BCUT2D eigenvalue weighted by atomic mass is 16.6. The van der Waals surface area contributed by atoms with Crippen molar-refractivity contribution in [3.63, 3.8) is 0 Å². The van der Waals surface area contributed by atoms with Crippen LogP contribution in [-0.2, 0) is 28.6 Å². The van der Waals surface area contributed by atoms with Crippen molar-refractivity contribution in [3.8, 4) is 0 Å². The van der Waals surface area contributed by atoms with E-state index in [4.69, 9.17) is 14.2 Å². The molecule has 0 saturated heterocycles. The second kappa shape index (κ2) is 40.9. The third-order valence-electron chi connectivity index (χ3n) is 9.77. The van der Waals surface area contributed by atoms with Crippen LogP contribution >= 0.6 is 0 Å². The second-order valence-electron chi connectivity index (χ2n) is 15.0. The standard InChI is InChI=1S/C45H84O6/c1-4-7-10-13-15-17-19-21-22-23-24-26-27-29-32-35-38-44(47)50-41-42(40-49-43(46)37-34-31-12-9-6-3)51-45(48)39-36-33-30-28-25-20-18-16-14-11-8-5-2/h22-23,42H,4-21,24-41H2,1-3H3/b23-22-. The van der Waals surface area contributed by atoms with Gasteiger partial charge in [0.2, 0.25) is 0 Å². The van der Waals surface area contributed by atoms with Crippen LogP contribution in [0.3, 0.4) is 0 Å². The summed E-state index contributed by atoms with van der Waals surface area (Å²) in [5.41, 5.74) is 0. The number of allylic oxidation sites excluding steroid dienone is 2. The van der Waals surface area contributed by atoms with E-state index in [1.54, 1.807) is 0 Å². The van der Waals surface area contributed by atoms with Gasteiger partial charge in [-0.1, -0.05) is 187 Å². The molecule has 0 bridgehead atoms. The summed E-state index contributed by atoms with van der Waals surface area (Å²) in [5, 5.41) is 0. The number of rotatable bonds is 40. The fourth-order valence-electron chi connectivity index (χ4n) is 6.38. The third kappa shape index (κ3) is 39.2. The Morgan fingerprint density at radius 3 is 0.980 bits per heavy atom. The molecular weight excluding hydrogens is 636 g/mol. The average Bonchev–Trinajstić information content (AvgIpc) is 3.12. The third-order valence-corrected chi connectivity index (χ3v) is 9.77. The second-order valence-corrected chi connectivity index (χ2v) is 15.0. The summed E-state index contributed by atoms with van der Waals surface area (Å²) in [5.74, 6) is -0.887. The van der Waals surface area contributed by atoms with E-state index >= 15 is 0 Å². The van der Waals surface area contributed by atoms with Crippen LogP contribution in [0.15, 0.2) is 12.2 Å². The zero-order chi connectivity index (χ0) is 37.3. The Bertz CT molecular complexity index is 794. The minimum absolute atomic E-state index is 0.0707. The minimum Gasteiger partial charge on any atom is -0.462 e. The van der Waals surface area contributed by atoms with E-state index in [9.17, 15) is 14.4 Å². The van der Waals surface area contributed by atoms with Gasteiger partial charge in [-0.05, 0) is 44.9 Å². The van der Waals surface area contributed by atoms with Crippen LogP contribution in [0.5, 0.6) is 0 Å².